The second kappa shape index (κ2) is 10.6. The minimum Gasteiger partial charge on any atom is -0.405 e. The highest BCUT2D eigenvalue weighted by Gasteiger charge is 2.33. The molecule has 31 heavy (non-hydrogen) atoms. The van der Waals surface area contributed by atoms with Crippen LogP contribution in [0.15, 0.2) is 42.5 Å². The normalized spacial score (nSPS) is 12.2. The summed E-state index contributed by atoms with van der Waals surface area (Å²) in [7, 11) is 1.47. The van der Waals surface area contributed by atoms with Gasteiger partial charge >= 0.3 is 6.36 Å². The number of rotatable bonds is 10. The first-order valence-corrected chi connectivity index (χ1v) is 8.94. The third kappa shape index (κ3) is 6.83. The van der Waals surface area contributed by atoms with Gasteiger partial charge in [-0.3, -0.25) is 14.9 Å². The SMILES string of the molecule is COCCNc1ccc(C(=O)NC(CO)c2ccccc2OC(F)(F)F)cc1[N+](=O)[O-]. The summed E-state index contributed by atoms with van der Waals surface area (Å²) in [6.07, 6.45) is -4.97. The maximum Gasteiger partial charge on any atom is 0.573 e. The van der Waals surface area contributed by atoms with E-state index in [1.807, 2.05) is 0 Å². The van der Waals surface area contributed by atoms with Crippen molar-refractivity contribution < 1.29 is 37.5 Å². The van der Waals surface area contributed by atoms with Gasteiger partial charge in [0.1, 0.15) is 11.4 Å². The number of nitro groups is 1. The number of alkyl halides is 3. The minimum atomic E-state index is -4.97. The van der Waals surface area contributed by atoms with Crippen LogP contribution < -0.4 is 15.4 Å². The molecule has 0 aliphatic rings. The van der Waals surface area contributed by atoms with E-state index in [1.165, 1.54) is 37.4 Å². The molecule has 0 heterocycles. The van der Waals surface area contributed by atoms with Crippen LogP contribution in [-0.2, 0) is 4.74 Å². The molecule has 3 N–H and O–H groups in total. The highest BCUT2D eigenvalue weighted by molar-refractivity contribution is 5.96. The molecule has 168 valence electrons. The molecule has 0 saturated heterocycles. The second-order valence-electron chi connectivity index (χ2n) is 6.20. The first-order valence-electron chi connectivity index (χ1n) is 8.94. The number of amides is 1. The Morgan fingerprint density at radius 2 is 1.97 bits per heavy atom. The molecule has 12 heteroatoms. The van der Waals surface area contributed by atoms with Crippen molar-refractivity contribution in [1.29, 1.82) is 0 Å². The summed E-state index contributed by atoms with van der Waals surface area (Å²) in [5, 5.41) is 26.1. The van der Waals surface area contributed by atoms with Gasteiger partial charge in [0.05, 0.1) is 24.2 Å². The monoisotopic (exact) mass is 443 g/mol. The molecule has 0 radical (unpaired) electrons. The molecule has 0 aromatic heterocycles. The maximum absolute atomic E-state index is 12.6. The van der Waals surface area contributed by atoms with Gasteiger partial charge in [-0.1, -0.05) is 18.2 Å². The van der Waals surface area contributed by atoms with E-state index in [2.05, 4.69) is 15.4 Å². The van der Waals surface area contributed by atoms with Gasteiger partial charge in [-0.2, -0.15) is 0 Å². The highest BCUT2D eigenvalue weighted by atomic mass is 19.4. The quantitative estimate of drug-likeness (QED) is 0.293. The van der Waals surface area contributed by atoms with E-state index < -0.39 is 35.6 Å². The third-order valence-corrected chi connectivity index (χ3v) is 4.09. The molecular formula is C19H20F3N3O6. The van der Waals surface area contributed by atoms with Crippen LogP contribution in [0, 0.1) is 10.1 Å². The fraction of sp³-hybridized carbons (Fsp3) is 0.316. The predicted octanol–water partition coefficient (Wildman–Crippen LogP) is 3.02. The number of aliphatic hydroxyl groups excluding tert-OH is 1. The lowest BCUT2D eigenvalue weighted by molar-refractivity contribution is -0.384. The molecule has 1 amide bonds. The van der Waals surface area contributed by atoms with Crippen LogP contribution in [0.1, 0.15) is 22.0 Å². The number of anilines is 1. The number of ether oxygens (including phenoxy) is 2. The number of carbonyl (C=O) groups is 1. The fourth-order valence-electron chi connectivity index (χ4n) is 2.71. The van der Waals surface area contributed by atoms with Crippen molar-refractivity contribution >= 4 is 17.3 Å². The van der Waals surface area contributed by atoms with Gasteiger partial charge in [-0.15, -0.1) is 13.2 Å². The van der Waals surface area contributed by atoms with Crippen LogP contribution >= 0.6 is 0 Å². The molecule has 0 aliphatic carbocycles. The minimum absolute atomic E-state index is 0.108. The summed E-state index contributed by atoms with van der Waals surface area (Å²) in [5.41, 5.74) is -0.425. The Hall–Kier alpha value is -3.38. The summed E-state index contributed by atoms with van der Waals surface area (Å²) in [4.78, 5) is 23.2. The van der Waals surface area contributed by atoms with Gasteiger partial charge < -0.3 is 25.2 Å². The zero-order valence-electron chi connectivity index (χ0n) is 16.3. The first-order chi connectivity index (χ1) is 14.7. The standard InChI is InChI=1S/C19H20F3N3O6/c1-30-9-8-23-14-7-6-12(10-16(14)25(28)29)18(27)24-15(11-26)13-4-2-3-5-17(13)31-19(20,21)22/h2-7,10,15,23,26H,8-9,11H2,1H3,(H,24,27). The number of benzene rings is 2. The number of para-hydroxylation sites is 1. The zero-order valence-corrected chi connectivity index (χ0v) is 16.3. The molecule has 0 saturated carbocycles. The number of nitrogens with zero attached hydrogens (tertiary/aromatic N) is 1. The van der Waals surface area contributed by atoms with Crippen LogP contribution in [0.2, 0.25) is 0 Å². The molecule has 1 unspecified atom stereocenters. The van der Waals surface area contributed by atoms with Crippen molar-refractivity contribution in [3.8, 4) is 5.75 Å². The van der Waals surface area contributed by atoms with Gasteiger partial charge in [0.15, 0.2) is 0 Å². The molecular weight excluding hydrogens is 423 g/mol. The topological polar surface area (TPSA) is 123 Å². The smallest absolute Gasteiger partial charge is 0.405 e. The summed E-state index contributed by atoms with van der Waals surface area (Å²) in [5.74, 6) is -1.41. The van der Waals surface area contributed by atoms with E-state index in [0.717, 1.165) is 12.1 Å². The van der Waals surface area contributed by atoms with Gasteiger partial charge in [-0.25, -0.2) is 0 Å². The first kappa shape index (κ1) is 23.9. The lowest BCUT2D eigenvalue weighted by Gasteiger charge is -2.20. The number of methoxy groups -OCH3 is 1. The largest absolute Gasteiger partial charge is 0.573 e. The Morgan fingerprint density at radius 1 is 1.26 bits per heavy atom. The second-order valence-corrected chi connectivity index (χ2v) is 6.20. The molecule has 2 aromatic rings. The Morgan fingerprint density at radius 3 is 2.58 bits per heavy atom. The van der Waals surface area contributed by atoms with Crippen molar-refractivity contribution in [3.05, 3.63) is 63.7 Å². The van der Waals surface area contributed by atoms with Crippen molar-refractivity contribution in [1.82, 2.24) is 5.32 Å². The molecule has 1 atom stereocenters. The molecule has 0 aliphatic heterocycles. The van der Waals surface area contributed by atoms with E-state index in [-0.39, 0.29) is 22.5 Å². The number of hydrogen-bond donors (Lipinski definition) is 3. The van der Waals surface area contributed by atoms with E-state index in [9.17, 15) is 33.2 Å². The Balaban J connectivity index is 2.25. The van der Waals surface area contributed by atoms with Gasteiger partial charge in [0.2, 0.25) is 0 Å². The summed E-state index contributed by atoms with van der Waals surface area (Å²) in [6, 6.07) is 7.44. The van der Waals surface area contributed by atoms with Crippen LogP contribution in [0.5, 0.6) is 5.75 Å². The molecule has 0 spiro atoms. The summed E-state index contributed by atoms with van der Waals surface area (Å²) in [6.45, 7) is -0.134. The number of nitrogens with one attached hydrogen (secondary N) is 2. The average molecular weight is 443 g/mol. The molecule has 2 aromatic carbocycles. The fourth-order valence-corrected chi connectivity index (χ4v) is 2.71. The van der Waals surface area contributed by atoms with E-state index in [0.29, 0.717) is 13.2 Å². The summed E-state index contributed by atoms with van der Waals surface area (Å²) >= 11 is 0. The Labute approximate surface area is 174 Å². The highest BCUT2D eigenvalue weighted by Crippen LogP contribution is 2.31. The predicted molar refractivity (Wildman–Crippen MR) is 104 cm³/mol. The maximum atomic E-state index is 12.6. The third-order valence-electron chi connectivity index (χ3n) is 4.09. The van der Waals surface area contributed by atoms with Gasteiger partial charge in [0.25, 0.3) is 11.6 Å². The number of carbonyl (C=O) groups excluding carboxylic acids is 1. The molecule has 9 nitrogen and oxygen atoms in total. The number of nitro benzene ring substituents is 1. The number of aliphatic hydroxyl groups is 1. The average Bonchev–Trinajstić information content (AvgIpc) is 2.71. The van der Waals surface area contributed by atoms with Crippen LogP contribution in [0.4, 0.5) is 24.5 Å². The van der Waals surface area contributed by atoms with Crippen molar-refractivity contribution in [2.24, 2.45) is 0 Å². The van der Waals surface area contributed by atoms with Crippen LogP contribution in [0.25, 0.3) is 0 Å². The van der Waals surface area contributed by atoms with E-state index in [4.69, 9.17) is 4.74 Å². The van der Waals surface area contributed by atoms with Gasteiger partial charge in [-0.05, 0) is 18.2 Å². The number of halogens is 3. The summed E-state index contributed by atoms with van der Waals surface area (Å²) < 4.78 is 46.7. The lowest BCUT2D eigenvalue weighted by atomic mass is 10.1. The van der Waals surface area contributed by atoms with Crippen molar-refractivity contribution in [3.63, 3.8) is 0 Å². The van der Waals surface area contributed by atoms with Gasteiger partial charge in [0, 0.05) is 30.8 Å². The Bertz CT molecular complexity index is 923. The molecule has 0 fully saturated rings. The van der Waals surface area contributed by atoms with Crippen LogP contribution in [0.3, 0.4) is 0 Å². The zero-order chi connectivity index (χ0) is 23.0. The van der Waals surface area contributed by atoms with Crippen LogP contribution in [-0.4, -0.2) is 49.2 Å². The Kier molecular flexibility index (Phi) is 8.16. The van der Waals surface area contributed by atoms with E-state index in [1.54, 1.807) is 0 Å². The van der Waals surface area contributed by atoms with Crippen molar-refractivity contribution in [2.45, 2.75) is 12.4 Å². The van der Waals surface area contributed by atoms with Crippen molar-refractivity contribution in [2.75, 3.05) is 32.2 Å². The molecule has 0 bridgehead atoms. The lowest BCUT2D eigenvalue weighted by Crippen LogP contribution is -2.31. The van der Waals surface area contributed by atoms with E-state index >= 15 is 0 Å². The molecule has 2 rings (SSSR count). The number of hydrogen-bond acceptors (Lipinski definition) is 7.